The second-order valence-electron chi connectivity index (χ2n) is 6.24. The van der Waals surface area contributed by atoms with E-state index in [1.165, 1.54) is 12.1 Å². The van der Waals surface area contributed by atoms with E-state index in [0.29, 0.717) is 17.9 Å². The zero-order valence-corrected chi connectivity index (χ0v) is 17.6. The summed E-state index contributed by atoms with van der Waals surface area (Å²) in [6.45, 7) is 1.99. The summed E-state index contributed by atoms with van der Waals surface area (Å²) in [4.78, 5) is 10.6. The first-order valence-corrected chi connectivity index (χ1v) is 9.55. The number of nitrogens with two attached hydrogens (primary N) is 1. The molecular formula is C18H18BrN5O3S. The molecule has 1 aliphatic rings. The number of ether oxygens (including phenoxy) is 1. The lowest BCUT2D eigenvalue weighted by Crippen LogP contribution is -2.45. The SMILES string of the molecule is COc1cc2c(cc1Br)CC(C)N(C(=S)NN)N=C2c1ccc([N+](=O)[O-])cc1. The van der Waals surface area contributed by atoms with Gasteiger partial charge >= 0.3 is 0 Å². The molecule has 0 bridgehead atoms. The molecule has 1 unspecified atom stereocenters. The summed E-state index contributed by atoms with van der Waals surface area (Å²) in [5, 5.41) is 17.7. The molecule has 3 N–H and O–H groups in total. The van der Waals surface area contributed by atoms with Gasteiger partial charge in [-0.25, -0.2) is 10.9 Å². The molecule has 1 atom stereocenters. The van der Waals surface area contributed by atoms with Crippen molar-refractivity contribution in [3.63, 3.8) is 0 Å². The van der Waals surface area contributed by atoms with E-state index in [4.69, 9.17) is 27.9 Å². The minimum Gasteiger partial charge on any atom is -0.496 e. The molecule has 28 heavy (non-hydrogen) atoms. The van der Waals surface area contributed by atoms with Crippen molar-refractivity contribution in [1.82, 2.24) is 10.4 Å². The Morgan fingerprint density at radius 2 is 2.11 bits per heavy atom. The van der Waals surface area contributed by atoms with Crippen molar-refractivity contribution >= 4 is 44.7 Å². The van der Waals surface area contributed by atoms with Gasteiger partial charge in [-0.15, -0.1) is 0 Å². The Kier molecular flexibility index (Phi) is 5.92. The second-order valence-corrected chi connectivity index (χ2v) is 7.48. The fourth-order valence-electron chi connectivity index (χ4n) is 3.07. The molecule has 0 aliphatic carbocycles. The van der Waals surface area contributed by atoms with E-state index < -0.39 is 4.92 Å². The Morgan fingerprint density at radius 3 is 2.68 bits per heavy atom. The normalized spacial score (nSPS) is 15.9. The van der Waals surface area contributed by atoms with Gasteiger partial charge in [-0.2, -0.15) is 5.10 Å². The molecular weight excluding hydrogens is 446 g/mol. The molecule has 0 fully saturated rings. The second kappa shape index (κ2) is 8.21. The van der Waals surface area contributed by atoms with E-state index in [1.807, 2.05) is 19.1 Å². The van der Waals surface area contributed by atoms with Gasteiger partial charge in [-0.05, 0) is 71.3 Å². The number of nitro groups is 1. The molecule has 0 radical (unpaired) electrons. The number of hydrazine groups is 1. The maximum atomic E-state index is 11.0. The van der Waals surface area contributed by atoms with Gasteiger partial charge in [0.05, 0.1) is 28.3 Å². The molecule has 1 aliphatic heterocycles. The van der Waals surface area contributed by atoms with Crippen molar-refractivity contribution in [3.05, 3.63) is 67.7 Å². The third kappa shape index (κ3) is 3.84. The van der Waals surface area contributed by atoms with Crippen LogP contribution < -0.4 is 16.0 Å². The van der Waals surface area contributed by atoms with Gasteiger partial charge in [0.1, 0.15) is 5.75 Å². The largest absolute Gasteiger partial charge is 0.496 e. The molecule has 146 valence electrons. The minimum absolute atomic E-state index is 0.0101. The average molecular weight is 464 g/mol. The van der Waals surface area contributed by atoms with E-state index in [1.54, 1.807) is 24.3 Å². The zero-order chi connectivity index (χ0) is 20.4. The van der Waals surface area contributed by atoms with Crippen LogP contribution in [-0.4, -0.2) is 33.9 Å². The highest BCUT2D eigenvalue weighted by atomic mass is 79.9. The van der Waals surface area contributed by atoms with Crippen molar-refractivity contribution in [3.8, 4) is 5.75 Å². The number of hydrogen-bond donors (Lipinski definition) is 2. The number of hydrogen-bond acceptors (Lipinski definition) is 6. The van der Waals surface area contributed by atoms with Crippen molar-refractivity contribution < 1.29 is 9.66 Å². The van der Waals surface area contributed by atoms with Crippen molar-refractivity contribution in [2.75, 3.05) is 7.11 Å². The lowest BCUT2D eigenvalue weighted by atomic mass is 9.94. The van der Waals surface area contributed by atoms with Crippen LogP contribution in [0.3, 0.4) is 0 Å². The van der Waals surface area contributed by atoms with Crippen LogP contribution >= 0.6 is 28.1 Å². The Balaban J connectivity index is 2.22. The van der Waals surface area contributed by atoms with Crippen LogP contribution in [0.2, 0.25) is 0 Å². The number of non-ortho nitro benzene ring substituents is 1. The van der Waals surface area contributed by atoms with Gasteiger partial charge in [0.15, 0.2) is 0 Å². The van der Waals surface area contributed by atoms with Gasteiger partial charge in [-0.1, -0.05) is 0 Å². The first-order valence-electron chi connectivity index (χ1n) is 8.35. The summed E-state index contributed by atoms with van der Waals surface area (Å²) in [6, 6.07) is 10.1. The van der Waals surface area contributed by atoms with Gasteiger partial charge in [0, 0.05) is 23.3 Å². The maximum Gasteiger partial charge on any atom is 0.269 e. The Morgan fingerprint density at radius 1 is 1.43 bits per heavy atom. The summed E-state index contributed by atoms with van der Waals surface area (Å²) in [5.41, 5.74) is 5.73. The molecule has 3 rings (SSSR count). The topological polar surface area (TPSA) is 106 Å². The number of rotatable bonds is 3. The number of hydrazone groups is 1. The highest BCUT2D eigenvalue weighted by molar-refractivity contribution is 9.10. The van der Waals surface area contributed by atoms with E-state index in [-0.39, 0.29) is 16.8 Å². The molecule has 2 aromatic rings. The fourth-order valence-corrected chi connectivity index (χ4v) is 3.84. The molecule has 2 aromatic carbocycles. The van der Waals surface area contributed by atoms with E-state index in [0.717, 1.165) is 21.2 Å². The van der Waals surface area contributed by atoms with E-state index in [2.05, 4.69) is 21.4 Å². The van der Waals surface area contributed by atoms with Gasteiger partial charge in [0.25, 0.3) is 5.69 Å². The minimum atomic E-state index is -0.436. The van der Waals surface area contributed by atoms with Crippen LogP contribution in [0.15, 0.2) is 46.0 Å². The highest BCUT2D eigenvalue weighted by Crippen LogP contribution is 2.33. The van der Waals surface area contributed by atoms with Crippen molar-refractivity contribution in [1.29, 1.82) is 0 Å². The Bertz CT molecular complexity index is 964. The summed E-state index contributed by atoms with van der Waals surface area (Å²) in [6.07, 6.45) is 0.666. The summed E-state index contributed by atoms with van der Waals surface area (Å²) >= 11 is 8.84. The third-order valence-corrected chi connectivity index (χ3v) is 5.38. The lowest BCUT2D eigenvalue weighted by Gasteiger charge is -2.24. The molecule has 8 nitrogen and oxygen atoms in total. The zero-order valence-electron chi connectivity index (χ0n) is 15.2. The van der Waals surface area contributed by atoms with Gasteiger partial charge < -0.3 is 4.74 Å². The average Bonchev–Trinajstić information content (AvgIpc) is 2.82. The predicted molar refractivity (Wildman–Crippen MR) is 114 cm³/mol. The number of nitro benzene ring substituents is 1. The first kappa shape index (κ1) is 20.2. The molecule has 1 heterocycles. The van der Waals surface area contributed by atoms with Crippen LogP contribution in [0.4, 0.5) is 5.69 Å². The lowest BCUT2D eigenvalue weighted by molar-refractivity contribution is -0.384. The van der Waals surface area contributed by atoms with Crippen LogP contribution in [0.5, 0.6) is 5.75 Å². The van der Waals surface area contributed by atoms with Crippen molar-refractivity contribution in [2.24, 2.45) is 10.9 Å². The van der Waals surface area contributed by atoms with Crippen molar-refractivity contribution in [2.45, 2.75) is 19.4 Å². The molecule has 0 spiro atoms. The standard InChI is InChI=1S/C18H18BrN5O3S/c1-10-7-12-8-15(19)16(27-2)9-14(12)17(22-23(10)18(28)21-20)11-3-5-13(6-4-11)24(25)26/h3-6,8-10H,7,20H2,1-2H3,(H,21,28). The van der Waals surface area contributed by atoms with E-state index in [9.17, 15) is 10.1 Å². The monoisotopic (exact) mass is 463 g/mol. The number of thiocarbonyl (C=S) groups is 1. The predicted octanol–water partition coefficient (Wildman–Crippen LogP) is 3.11. The number of methoxy groups -OCH3 is 1. The first-order chi connectivity index (χ1) is 13.3. The van der Waals surface area contributed by atoms with Crippen LogP contribution in [0.1, 0.15) is 23.6 Å². The van der Waals surface area contributed by atoms with Crippen LogP contribution in [0, 0.1) is 10.1 Å². The van der Waals surface area contributed by atoms with Crippen LogP contribution in [-0.2, 0) is 6.42 Å². The number of benzene rings is 2. The van der Waals surface area contributed by atoms with E-state index >= 15 is 0 Å². The molecule has 10 heteroatoms. The maximum absolute atomic E-state index is 11.0. The fraction of sp³-hybridized carbons (Fsp3) is 0.222. The molecule has 0 amide bonds. The molecule has 0 saturated heterocycles. The molecule has 0 saturated carbocycles. The highest BCUT2D eigenvalue weighted by Gasteiger charge is 2.26. The third-order valence-electron chi connectivity index (χ3n) is 4.46. The summed E-state index contributed by atoms with van der Waals surface area (Å²) in [7, 11) is 1.59. The summed E-state index contributed by atoms with van der Waals surface area (Å²) < 4.78 is 6.28. The molecule has 0 aromatic heterocycles. The van der Waals surface area contributed by atoms with Gasteiger partial charge in [0.2, 0.25) is 5.11 Å². The number of nitrogens with zero attached hydrogens (tertiary/aromatic N) is 3. The smallest absolute Gasteiger partial charge is 0.269 e. The summed E-state index contributed by atoms with van der Waals surface area (Å²) in [5.74, 6) is 6.18. The van der Waals surface area contributed by atoms with Crippen LogP contribution in [0.25, 0.3) is 0 Å². The number of fused-ring (bicyclic) bond motifs is 1. The number of nitrogens with one attached hydrogen (secondary N) is 1. The number of halogens is 1. The Hall–Kier alpha value is -2.56. The quantitative estimate of drug-likeness (QED) is 0.311. The Labute approximate surface area is 175 Å². The van der Waals surface area contributed by atoms with Gasteiger partial charge in [-0.3, -0.25) is 15.5 Å².